The molecule has 0 saturated heterocycles. The molecule has 2 amide bonds. The van der Waals surface area contributed by atoms with E-state index in [2.05, 4.69) is 10.6 Å². The molecule has 6 nitrogen and oxygen atoms in total. The van der Waals surface area contributed by atoms with Gasteiger partial charge < -0.3 is 20.5 Å². The Kier molecular flexibility index (Phi) is 5.49. The summed E-state index contributed by atoms with van der Waals surface area (Å²) in [6.45, 7) is 0. The second-order valence-corrected chi connectivity index (χ2v) is 5.74. The van der Waals surface area contributed by atoms with Crippen LogP contribution < -0.4 is 15.4 Å². The van der Waals surface area contributed by atoms with Crippen molar-refractivity contribution in [1.29, 1.82) is 0 Å². The molecule has 3 N–H and O–H groups in total. The third kappa shape index (κ3) is 4.27. The number of nitrogens with one attached hydrogen (secondary N) is 2. The van der Waals surface area contributed by atoms with Crippen molar-refractivity contribution in [3.63, 3.8) is 0 Å². The number of carboxylic acid groups (broad SMARTS) is 1. The molecule has 0 aromatic heterocycles. The second-order valence-electron chi connectivity index (χ2n) is 5.33. The van der Waals surface area contributed by atoms with Crippen molar-refractivity contribution in [3.05, 3.63) is 23.2 Å². The number of carboxylic acids is 1. The van der Waals surface area contributed by atoms with Crippen LogP contribution in [0.3, 0.4) is 0 Å². The van der Waals surface area contributed by atoms with Gasteiger partial charge in [-0.05, 0) is 37.8 Å². The van der Waals surface area contributed by atoms with E-state index in [4.69, 9.17) is 21.4 Å². The fourth-order valence-electron chi connectivity index (χ4n) is 2.56. The van der Waals surface area contributed by atoms with Gasteiger partial charge in [-0.1, -0.05) is 11.6 Å². The summed E-state index contributed by atoms with van der Waals surface area (Å²) in [4.78, 5) is 22.9. The molecule has 0 bridgehead atoms. The van der Waals surface area contributed by atoms with Crippen LogP contribution in [0, 0.1) is 5.92 Å². The van der Waals surface area contributed by atoms with Crippen LogP contribution in [0.4, 0.5) is 10.5 Å². The number of benzene rings is 1. The van der Waals surface area contributed by atoms with Gasteiger partial charge in [-0.2, -0.15) is 0 Å². The molecule has 0 spiro atoms. The SMILES string of the molecule is COc1ccc(Cl)c(NC(=O)NC2CCC(C(=O)O)CC2)c1. The van der Waals surface area contributed by atoms with E-state index in [9.17, 15) is 9.59 Å². The molecule has 0 radical (unpaired) electrons. The molecule has 22 heavy (non-hydrogen) atoms. The van der Waals surface area contributed by atoms with Gasteiger partial charge in [-0.3, -0.25) is 4.79 Å². The number of carbonyl (C=O) groups excluding carboxylic acids is 1. The molecule has 0 heterocycles. The second kappa shape index (κ2) is 7.35. The average molecular weight is 327 g/mol. The smallest absolute Gasteiger partial charge is 0.319 e. The van der Waals surface area contributed by atoms with Crippen molar-refractivity contribution in [2.75, 3.05) is 12.4 Å². The van der Waals surface area contributed by atoms with Gasteiger partial charge in [0.15, 0.2) is 0 Å². The monoisotopic (exact) mass is 326 g/mol. The maximum absolute atomic E-state index is 12.0. The molecule has 2 rings (SSSR count). The molecule has 7 heteroatoms. The maximum Gasteiger partial charge on any atom is 0.319 e. The number of anilines is 1. The Labute approximate surface area is 133 Å². The first-order valence-electron chi connectivity index (χ1n) is 7.13. The van der Waals surface area contributed by atoms with Crippen LogP contribution in [0.2, 0.25) is 5.02 Å². The number of hydrogen-bond donors (Lipinski definition) is 3. The minimum atomic E-state index is -0.758. The molecular weight excluding hydrogens is 308 g/mol. The van der Waals surface area contributed by atoms with Crippen molar-refractivity contribution < 1.29 is 19.4 Å². The van der Waals surface area contributed by atoms with Crippen LogP contribution in [0.25, 0.3) is 0 Å². The quantitative estimate of drug-likeness (QED) is 0.793. The Morgan fingerprint density at radius 2 is 1.95 bits per heavy atom. The van der Waals surface area contributed by atoms with Crippen LogP contribution in [0.15, 0.2) is 18.2 Å². The van der Waals surface area contributed by atoms with Gasteiger partial charge in [0.2, 0.25) is 0 Å². The van der Waals surface area contributed by atoms with Crippen LogP contribution in [0.1, 0.15) is 25.7 Å². The Morgan fingerprint density at radius 1 is 1.27 bits per heavy atom. The van der Waals surface area contributed by atoms with E-state index in [1.54, 1.807) is 18.2 Å². The molecule has 0 aliphatic heterocycles. The molecule has 120 valence electrons. The fraction of sp³-hybridized carbons (Fsp3) is 0.467. The molecule has 1 aromatic rings. The normalized spacial score (nSPS) is 21.0. The molecular formula is C15H19ClN2O4. The Bertz CT molecular complexity index is 556. The summed E-state index contributed by atoms with van der Waals surface area (Å²) in [5.41, 5.74) is 0.470. The zero-order valence-electron chi connectivity index (χ0n) is 12.3. The van der Waals surface area contributed by atoms with E-state index in [0.717, 1.165) is 0 Å². The summed E-state index contributed by atoms with van der Waals surface area (Å²) in [6.07, 6.45) is 2.49. The zero-order chi connectivity index (χ0) is 16.1. The van der Waals surface area contributed by atoms with Gasteiger partial charge in [-0.15, -0.1) is 0 Å². The molecule has 1 aliphatic rings. The lowest BCUT2D eigenvalue weighted by atomic mass is 9.86. The predicted molar refractivity (Wildman–Crippen MR) is 83.5 cm³/mol. The Balaban J connectivity index is 1.87. The number of methoxy groups -OCH3 is 1. The lowest BCUT2D eigenvalue weighted by Crippen LogP contribution is -2.41. The lowest BCUT2D eigenvalue weighted by Gasteiger charge is -2.26. The van der Waals surface area contributed by atoms with Crippen LogP contribution >= 0.6 is 11.6 Å². The third-order valence-electron chi connectivity index (χ3n) is 3.83. The minimum Gasteiger partial charge on any atom is -0.497 e. The first-order valence-corrected chi connectivity index (χ1v) is 7.51. The highest BCUT2D eigenvalue weighted by Crippen LogP contribution is 2.27. The largest absolute Gasteiger partial charge is 0.497 e. The number of aliphatic carboxylic acids is 1. The highest BCUT2D eigenvalue weighted by Gasteiger charge is 2.26. The maximum atomic E-state index is 12.0. The lowest BCUT2D eigenvalue weighted by molar-refractivity contribution is -0.142. The average Bonchev–Trinajstić information content (AvgIpc) is 2.50. The molecule has 1 saturated carbocycles. The van der Waals surface area contributed by atoms with Crippen LogP contribution in [-0.4, -0.2) is 30.3 Å². The van der Waals surface area contributed by atoms with Gasteiger partial charge in [-0.25, -0.2) is 4.79 Å². The summed E-state index contributed by atoms with van der Waals surface area (Å²) in [5, 5.41) is 14.9. The highest BCUT2D eigenvalue weighted by molar-refractivity contribution is 6.33. The van der Waals surface area contributed by atoms with Crippen molar-refractivity contribution in [1.82, 2.24) is 5.32 Å². The number of halogens is 1. The molecule has 1 fully saturated rings. The van der Waals surface area contributed by atoms with Gasteiger partial charge in [0, 0.05) is 12.1 Å². The summed E-state index contributed by atoms with van der Waals surface area (Å²) < 4.78 is 5.09. The number of hydrogen-bond acceptors (Lipinski definition) is 3. The van der Waals surface area contributed by atoms with E-state index in [-0.39, 0.29) is 18.0 Å². The highest BCUT2D eigenvalue weighted by atomic mass is 35.5. The van der Waals surface area contributed by atoms with Crippen LogP contribution in [0.5, 0.6) is 5.75 Å². The first kappa shape index (κ1) is 16.4. The van der Waals surface area contributed by atoms with Crippen molar-refractivity contribution in [2.45, 2.75) is 31.7 Å². The Hall–Kier alpha value is -1.95. The van der Waals surface area contributed by atoms with E-state index in [1.165, 1.54) is 7.11 Å². The molecule has 0 atom stereocenters. The zero-order valence-corrected chi connectivity index (χ0v) is 13.0. The van der Waals surface area contributed by atoms with E-state index >= 15 is 0 Å². The standard InChI is InChI=1S/C15H19ClN2O4/c1-22-11-6-7-12(16)13(8-11)18-15(21)17-10-4-2-9(3-5-10)14(19)20/h6-10H,2-5H2,1H3,(H,19,20)(H2,17,18,21). The summed E-state index contributed by atoms with van der Waals surface area (Å²) in [6, 6.07) is 4.63. The number of rotatable bonds is 4. The van der Waals surface area contributed by atoms with E-state index in [0.29, 0.717) is 42.1 Å². The summed E-state index contributed by atoms with van der Waals surface area (Å²) >= 11 is 6.03. The number of carbonyl (C=O) groups is 2. The van der Waals surface area contributed by atoms with E-state index < -0.39 is 5.97 Å². The van der Waals surface area contributed by atoms with Gasteiger partial charge in [0.1, 0.15) is 5.75 Å². The van der Waals surface area contributed by atoms with E-state index in [1.807, 2.05) is 0 Å². The van der Waals surface area contributed by atoms with Crippen molar-refractivity contribution >= 4 is 29.3 Å². The van der Waals surface area contributed by atoms with Crippen LogP contribution in [-0.2, 0) is 4.79 Å². The molecule has 0 unspecified atom stereocenters. The summed E-state index contributed by atoms with van der Waals surface area (Å²) in [5.74, 6) is -0.457. The topological polar surface area (TPSA) is 87.7 Å². The van der Waals surface area contributed by atoms with Gasteiger partial charge in [0.05, 0.1) is 23.7 Å². The molecule has 1 aliphatic carbocycles. The number of ether oxygens (including phenoxy) is 1. The van der Waals surface area contributed by atoms with Crippen molar-refractivity contribution in [3.8, 4) is 5.75 Å². The van der Waals surface area contributed by atoms with Crippen molar-refractivity contribution in [2.24, 2.45) is 5.92 Å². The summed E-state index contributed by atoms with van der Waals surface area (Å²) in [7, 11) is 1.54. The fourth-order valence-corrected chi connectivity index (χ4v) is 2.72. The Morgan fingerprint density at radius 3 is 2.55 bits per heavy atom. The first-order chi connectivity index (χ1) is 10.5. The predicted octanol–water partition coefficient (Wildman–Crippen LogP) is 3.11. The minimum absolute atomic E-state index is 0.0139. The number of urea groups is 1. The molecule has 1 aromatic carbocycles. The van der Waals surface area contributed by atoms with Gasteiger partial charge >= 0.3 is 12.0 Å². The number of amides is 2. The van der Waals surface area contributed by atoms with Gasteiger partial charge in [0.25, 0.3) is 0 Å². The third-order valence-corrected chi connectivity index (χ3v) is 4.16.